The van der Waals surface area contributed by atoms with Crippen LogP contribution in [0, 0.1) is 0 Å². The van der Waals surface area contributed by atoms with E-state index in [1.165, 1.54) is 28.6 Å². The summed E-state index contributed by atoms with van der Waals surface area (Å²) in [6.45, 7) is 2.41. The van der Waals surface area contributed by atoms with Gasteiger partial charge in [0.1, 0.15) is 0 Å². The molecule has 0 unspecified atom stereocenters. The Morgan fingerprint density at radius 1 is 1.42 bits per heavy atom. The monoisotopic (exact) mass is 283 g/mol. The number of carboxylic acids is 1. The number of aromatic carboxylic acids is 1. The maximum absolute atomic E-state index is 12.5. The van der Waals surface area contributed by atoms with Gasteiger partial charge in [0.25, 0.3) is 0 Å². The van der Waals surface area contributed by atoms with E-state index in [-0.39, 0.29) is 16.5 Å². The van der Waals surface area contributed by atoms with Crippen molar-refractivity contribution in [3.05, 3.63) is 29.8 Å². The molecule has 6 heteroatoms. The Kier molecular flexibility index (Phi) is 3.91. The number of benzene rings is 1. The minimum atomic E-state index is -3.59. The topological polar surface area (TPSA) is 74.7 Å². The zero-order chi connectivity index (χ0) is 14.0. The molecule has 1 aromatic rings. The molecule has 0 saturated heterocycles. The molecule has 0 radical (unpaired) electrons. The lowest BCUT2D eigenvalue weighted by atomic mass is 10.2. The molecule has 0 heterocycles. The quantitative estimate of drug-likeness (QED) is 0.866. The van der Waals surface area contributed by atoms with Crippen LogP contribution in [-0.2, 0) is 10.0 Å². The summed E-state index contributed by atoms with van der Waals surface area (Å²) < 4.78 is 26.5. The lowest BCUT2D eigenvalue weighted by molar-refractivity contribution is 0.0696. The average molecular weight is 283 g/mol. The molecule has 0 aliphatic heterocycles. The van der Waals surface area contributed by atoms with E-state index >= 15 is 0 Å². The first-order chi connectivity index (χ1) is 8.96. The summed E-state index contributed by atoms with van der Waals surface area (Å²) in [5, 5.41) is 8.93. The second-order valence-electron chi connectivity index (χ2n) is 4.68. The number of rotatable bonds is 6. The molecule has 104 valence electrons. The fraction of sp³-hybridized carbons (Fsp3) is 0.462. The van der Waals surface area contributed by atoms with Crippen molar-refractivity contribution in [2.24, 2.45) is 0 Å². The van der Waals surface area contributed by atoms with E-state index in [1.54, 1.807) is 0 Å². The van der Waals surface area contributed by atoms with Gasteiger partial charge in [-0.15, -0.1) is 0 Å². The average Bonchev–Trinajstić information content (AvgIpc) is 3.20. The highest BCUT2D eigenvalue weighted by molar-refractivity contribution is 7.89. The van der Waals surface area contributed by atoms with Crippen molar-refractivity contribution in [1.29, 1.82) is 0 Å². The maximum atomic E-state index is 12.5. The van der Waals surface area contributed by atoms with Crippen molar-refractivity contribution < 1.29 is 18.3 Å². The maximum Gasteiger partial charge on any atom is 0.335 e. The van der Waals surface area contributed by atoms with Crippen molar-refractivity contribution in [3.8, 4) is 0 Å². The highest BCUT2D eigenvalue weighted by atomic mass is 32.2. The molecular weight excluding hydrogens is 266 g/mol. The molecule has 2 rings (SSSR count). The van der Waals surface area contributed by atoms with Gasteiger partial charge < -0.3 is 5.11 Å². The third-order valence-electron chi connectivity index (χ3n) is 3.09. The summed E-state index contributed by atoms with van der Waals surface area (Å²) in [4.78, 5) is 11.0. The second kappa shape index (κ2) is 5.30. The standard InChI is InChI=1S/C13H17NO4S/c1-2-8-14(11-6-7-11)19(17,18)12-5-3-4-10(9-12)13(15)16/h3-5,9,11H,2,6-8H2,1H3,(H,15,16). The highest BCUT2D eigenvalue weighted by Crippen LogP contribution is 2.32. The summed E-state index contributed by atoms with van der Waals surface area (Å²) in [5.41, 5.74) is -0.00618. The normalized spacial score (nSPS) is 15.7. The van der Waals surface area contributed by atoms with Gasteiger partial charge >= 0.3 is 5.97 Å². The number of carboxylic acid groups (broad SMARTS) is 1. The third kappa shape index (κ3) is 2.96. The molecule has 0 spiro atoms. The van der Waals surface area contributed by atoms with E-state index in [1.807, 2.05) is 6.92 Å². The van der Waals surface area contributed by atoms with Crippen LogP contribution in [0.4, 0.5) is 0 Å². The van der Waals surface area contributed by atoms with Crippen LogP contribution in [0.3, 0.4) is 0 Å². The number of hydrogen-bond donors (Lipinski definition) is 1. The second-order valence-corrected chi connectivity index (χ2v) is 6.57. The Balaban J connectivity index is 2.37. The molecule has 1 saturated carbocycles. The number of carbonyl (C=O) groups is 1. The Hall–Kier alpha value is -1.40. The number of nitrogens with zero attached hydrogens (tertiary/aromatic N) is 1. The SMILES string of the molecule is CCCN(C1CC1)S(=O)(=O)c1cccc(C(=O)O)c1. The Morgan fingerprint density at radius 2 is 2.11 bits per heavy atom. The van der Waals surface area contributed by atoms with Crippen LogP contribution in [-0.4, -0.2) is 36.4 Å². The van der Waals surface area contributed by atoms with Crippen LogP contribution in [0.1, 0.15) is 36.5 Å². The molecule has 1 N–H and O–H groups in total. The predicted molar refractivity (Wildman–Crippen MR) is 70.6 cm³/mol. The largest absolute Gasteiger partial charge is 0.478 e. The Bertz CT molecular complexity index is 578. The van der Waals surface area contributed by atoms with Crippen molar-refractivity contribution in [2.45, 2.75) is 37.1 Å². The van der Waals surface area contributed by atoms with E-state index in [4.69, 9.17) is 5.11 Å². The van der Waals surface area contributed by atoms with Crippen molar-refractivity contribution in [1.82, 2.24) is 4.31 Å². The van der Waals surface area contributed by atoms with Crippen LogP contribution < -0.4 is 0 Å². The molecule has 0 aromatic heterocycles. The van der Waals surface area contributed by atoms with Gasteiger partial charge in [-0.3, -0.25) is 0 Å². The molecule has 0 bridgehead atoms. The van der Waals surface area contributed by atoms with Crippen LogP contribution in [0.25, 0.3) is 0 Å². The summed E-state index contributed by atoms with van der Waals surface area (Å²) in [7, 11) is -3.59. The van der Waals surface area contributed by atoms with E-state index in [0.717, 1.165) is 19.3 Å². The molecular formula is C13H17NO4S. The van der Waals surface area contributed by atoms with Crippen LogP contribution >= 0.6 is 0 Å². The number of hydrogen-bond acceptors (Lipinski definition) is 3. The van der Waals surface area contributed by atoms with Gasteiger partial charge in [-0.05, 0) is 37.5 Å². The summed E-state index contributed by atoms with van der Waals surface area (Å²) in [6, 6.07) is 5.62. The van der Waals surface area contributed by atoms with E-state index < -0.39 is 16.0 Å². The summed E-state index contributed by atoms with van der Waals surface area (Å²) >= 11 is 0. The lowest BCUT2D eigenvalue weighted by Gasteiger charge is -2.21. The smallest absolute Gasteiger partial charge is 0.335 e. The van der Waals surface area contributed by atoms with Gasteiger partial charge in [0, 0.05) is 12.6 Å². The fourth-order valence-corrected chi connectivity index (χ4v) is 3.83. The summed E-state index contributed by atoms with van der Waals surface area (Å²) in [6.07, 6.45) is 2.52. The zero-order valence-corrected chi connectivity index (χ0v) is 11.6. The highest BCUT2D eigenvalue weighted by Gasteiger charge is 2.37. The first-order valence-electron chi connectivity index (χ1n) is 6.32. The molecule has 19 heavy (non-hydrogen) atoms. The first kappa shape index (κ1) is 14.0. The third-order valence-corrected chi connectivity index (χ3v) is 5.03. The van der Waals surface area contributed by atoms with Gasteiger partial charge in [0.05, 0.1) is 10.5 Å². The lowest BCUT2D eigenvalue weighted by Crippen LogP contribution is -2.33. The van der Waals surface area contributed by atoms with E-state index in [2.05, 4.69) is 0 Å². The minimum absolute atomic E-state index is 0.00618. The van der Waals surface area contributed by atoms with Crippen LogP contribution in [0.5, 0.6) is 0 Å². The van der Waals surface area contributed by atoms with Gasteiger partial charge in [-0.2, -0.15) is 4.31 Å². The number of sulfonamides is 1. The van der Waals surface area contributed by atoms with Crippen LogP contribution in [0.2, 0.25) is 0 Å². The molecule has 1 aliphatic carbocycles. The van der Waals surface area contributed by atoms with Crippen molar-refractivity contribution >= 4 is 16.0 Å². The van der Waals surface area contributed by atoms with E-state index in [0.29, 0.717) is 6.54 Å². The fourth-order valence-electron chi connectivity index (χ4n) is 2.01. The molecule has 0 amide bonds. The molecule has 1 aliphatic rings. The summed E-state index contributed by atoms with van der Waals surface area (Å²) in [5.74, 6) is -1.12. The Morgan fingerprint density at radius 3 is 2.63 bits per heavy atom. The molecule has 1 fully saturated rings. The Labute approximate surface area is 112 Å². The van der Waals surface area contributed by atoms with Gasteiger partial charge in [-0.1, -0.05) is 13.0 Å². The molecule has 0 atom stereocenters. The van der Waals surface area contributed by atoms with Gasteiger partial charge in [-0.25, -0.2) is 13.2 Å². The minimum Gasteiger partial charge on any atom is -0.478 e. The van der Waals surface area contributed by atoms with Gasteiger partial charge in [0.2, 0.25) is 10.0 Å². The molecule has 5 nitrogen and oxygen atoms in total. The van der Waals surface area contributed by atoms with Crippen molar-refractivity contribution in [3.63, 3.8) is 0 Å². The van der Waals surface area contributed by atoms with E-state index in [9.17, 15) is 13.2 Å². The van der Waals surface area contributed by atoms with Gasteiger partial charge in [0.15, 0.2) is 0 Å². The zero-order valence-electron chi connectivity index (χ0n) is 10.7. The van der Waals surface area contributed by atoms with Crippen molar-refractivity contribution in [2.75, 3.05) is 6.54 Å². The predicted octanol–water partition coefficient (Wildman–Crippen LogP) is 1.95. The van der Waals surface area contributed by atoms with Crippen LogP contribution in [0.15, 0.2) is 29.2 Å². The molecule has 1 aromatic carbocycles. The first-order valence-corrected chi connectivity index (χ1v) is 7.76.